The second-order valence-corrected chi connectivity index (χ2v) is 5.28. The molecule has 24 heavy (non-hydrogen) atoms. The number of carbonyl (C=O) groups is 2. The second-order valence-electron chi connectivity index (χ2n) is 5.28. The highest BCUT2D eigenvalue weighted by molar-refractivity contribution is 5.85. The van der Waals surface area contributed by atoms with Crippen molar-refractivity contribution >= 4 is 11.9 Å². The van der Waals surface area contributed by atoms with Gasteiger partial charge in [-0.05, 0) is 25.0 Å². The van der Waals surface area contributed by atoms with Gasteiger partial charge >= 0.3 is 12.1 Å². The minimum absolute atomic E-state index is 0.0531. The molecule has 0 aliphatic carbocycles. The van der Waals surface area contributed by atoms with Crippen LogP contribution in [-0.4, -0.2) is 25.0 Å². The number of ether oxygens (including phenoxy) is 1. The molecule has 0 saturated carbocycles. The fourth-order valence-corrected chi connectivity index (χ4v) is 2.05. The zero-order valence-electron chi connectivity index (χ0n) is 13.2. The Hall–Kier alpha value is -2.56. The topological polar surface area (TPSA) is 79.2 Å². The minimum atomic E-state index is -4.50. The number of methoxy groups -OCH3 is 1. The maximum absolute atomic E-state index is 12.7. The lowest BCUT2D eigenvalue weighted by molar-refractivity contribution is -0.145. The highest BCUT2D eigenvalue weighted by Crippen LogP contribution is 2.29. The van der Waals surface area contributed by atoms with E-state index < -0.39 is 35.6 Å². The van der Waals surface area contributed by atoms with Gasteiger partial charge in [0.25, 0.3) is 0 Å². The van der Waals surface area contributed by atoms with Gasteiger partial charge in [-0.25, -0.2) is 4.79 Å². The molecule has 0 aromatic heterocycles. The van der Waals surface area contributed by atoms with Crippen LogP contribution in [0.5, 0.6) is 0 Å². The van der Waals surface area contributed by atoms with Crippen LogP contribution in [0.2, 0.25) is 0 Å². The Kier molecular flexibility index (Phi) is 6.77. The van der Waals surface area contributed by atoms with Crippen molar-refractivity contribution in [3.8, 4) is 6.07 Å². The first-order valence-corrected chi connectivity index (χ1v) is 7.10. The number of amides is 1. The van der Waals surface area contributed by atoms with Crippen LogP contribution < -0.4 is 5.32 Å². The Morgan fingerprint density at radius 3 is 2.58 bits per heavy atom. The summed E-state index contributed by atoms with van der Waals surface area (Å²) in [6.45, 7) is 1.58. The Balaban J connectivity index is 2.79. The van der Waals surface area contributed by atoms with Crippen molar-refractivity contribution in [1.29, 1.82) is 5.26 Å². The molecule has 1 amide bonds. The van der Waals surface area contributed by atoms with Crippen LogP contribution in [0.4, 0.5) is 13.2 Å². The van der Waals surface area contributed by atoms with E-state index in [1.54, 1.807) is 6.92 Å². The molecule has 0 bridgehead atoms. The summed E-state index contributed by atoms with van der Waals surface area (Å²) in [7, 11) is 1.14. The quantitative estimate of drug-likeness (QED) is 0.806. The first-order valence-electron chi connectivity index (χ1n) is 7.10. The lowest BCUT2D eigenvalue weighted by Crippen LogP contribution is -2.43. The third-order valence-electron chi connectivity index (χ3n) is 3.25. The molecule has 1 aromatic carbocycles. The van der Waals surface area contributed by atoms with Gasteiger partial charge in [0.1, 0.15) is 6.04 Å². The van der Waals surface area contributed by atoms with Crippen LogP contribution >= 0.6 is 0 Å². The van der Waals surface area contributed by atoms with Crippen LogP contribution in [0.15, 0.2) is 24.3 Å². The molecule has 0 unspecified atom stereocenters. The number of hydrogen-bond acceptors (Lipinski definition) is 4. The fraction of sp³-hybridized carbons (Fsp3) is 0.438. The van der Waals surface area contributed by atoms with Crippen LogP contribution in [0, 0.1) is 17.2 Å². The molecule has 1 N–H and O–H groups in total. The summed E-state index contributed by atoms with van der Waals surface area (Å²) in [6, 6.07) is 5.30. The average molecular weight is 342 g/mol. The van der Waals surface area contributed by atoms with E-state index in [1.807, 2.05) is 6.07 Å². The molecular weight excluding hydrogens is 325 g/mol. The minimum Gasteiger partial charge on any atom is -0.467 e. The van der Waals surface area contributed by atoms with E-state index in [2.05, 4.69) is 10.1 Å². The molecule has 1 rings (SSSR count). The number of esters is 1. The standard InChI is InChI=1S/C16H17F3N2O3/c1-10(9-20)6-13(15(23)24-2)21-14(22)8-11-4-3-5-12(7-11)16(17,18)19/h3-5,7,10,13H,6,8H2,1-2H3,(H,21,22)/t10-,13+/m0/s1. The molecule has 0 radical (unpaired) electrons. The molecule has 8 heteroatoms. The summed E-state index contributed by atoms with van der Waals surface area (Å²) in [6.07, 6.45) is -4.76. The van der Waals surface area contributed by atoms with Gasteiger partial charge in [0.05, 0.1) is 25.2 Å². The summed E-state index contributed by atoms with van der Waals surface area (Å²) in [5, 5.41) is 11.2. The summed E-state index contributed by atoms with van der Waals surface area (Å²) in [4.78, 5) is 23.6. The lowest BCUT2D eigenvalue weighted by Gasteiger charge is -2.17. The second kappa shape index (κ2) is 8.34. The van der Waals surface area contributed by atoms with Crippen molar-refractivity contribution in [2.75, 3.05) is 7.11 Å². The predicted molar refractivity (Wildman–Crippen MR) is 78.5 cm³/mol. The van der Waals surface area contributed by atoms with Gasteiger partial charge in [0.2, 0.25) is 5.91 Å². The van der Waals surface area contributed by atoms with Crippen molar-refractivity contribution in [1.82, 2.24) is 5.32 Å². The van der Waals surface area contributed by atoms with Crippen molar-refractivity contribution in [2.45, 2.75) is 32.0 Å². The monoisotopic (exact) mass is 342 g/mol. The Morgan fingerprint density at radius 2 is 2.04 bits per heavy atom. The molecule has 0 aliphatic rings. The van der Waals surface area contributed by atoms with E-state index >= 15 is 0 Å². The number of nitrogens with zero attached hydrogens (tertiary/aromatic N) is 1. The van der Waals surface area contributed by atoms with Gasteiger partial charge in [-0.2, -0.15) is 18.4 Å². The molecule has 0 fully saturated rings. The van der Waals surface area contributed by atoms with E-state index in [1.165, 1.54) is 12.1 Å². The van der Waals surface area contributed by atoms with Gasteiger partial charge in [0.15, 0.2) is 0 Å². The number of nitriles is 1. The zero-order valence-corrected chi connectivity index (χ0v) is 13.2. The number of rotatable bonds is 6. The smallest absolute Gasteiger partial charge is 0.416 e. The van der Waals surface area contributed by atoms with Crippen molar-refractivity contribution in [3.63, 3.8) is 0 Å². The fourth-order valence-electron chi connectivity index (χ4n) is 2.05. The third kappa shape index (κ3) is 5.91. The molecule has 0 spiro atoms. The lowest BCUT2D eigenvalue weighted by atomic mass is 10.0. The highest BCUT2D eigenvalue weighted by Gasteiger charge is 2.30. The number of benzene rings is 1. The normalized spacial score (nSPS) is 13.5. The van der Waals surface area contributed by atoms with Crippen molar-refractivity contribution in [2.24, 2.45) is 5.92 Å². The Morgan fingerprint density at radius 1 is 1.38 bits per heavy atom. The van der Waals surface area contributed by atoms with Gasteiger partial charge < -0.3 is 10.1 Å². The van der Waals surface area contributed by atoms with Crippen LogP contribution in [0.1, 0.15) is 24.5 Å². The average Bonchev–Trinajstić information content (AvgIpc) is 2.52. The Labute approximate surface area is 137 Å². The summed E-state index contributed by atoms with van der Waals surface area (Å²) >= 11 is 0. The predicted octanol–water partition coefficient (Wildman–Crippen LogP) is 2.46. The molecule has 0 heterocycles. The zero-order chi connectivity index (χ0) is 18.3. The molecular formula is C16H17F3N2O3. The van der Waals surface area contributed by atoms with Crippen molar-refractivity contribution < 1.29 is 27.5 Å². The summed E-state index contributed by atoms with van der Waals surface area (Å²) in [5.41, 5.74) is -0.685. The van der Waals surface area contributed by atoms with E-state index in [4.69, 9.17) is 5.26 Å². The molecule has 0 saturated heterocycles. The molecule has 1 aromatic rings. The molecule has 2 atom stereocenters. The number of nitrogens with one attached hydrogen (secondary N) is 1. The van der Waals surface area contributed by atoms with Gasteiger partial charge in [-0.15, -0.1) is 0 Å². The van der Waals surface area contributed by atoms with Crippen molar-refractivity contribution in [3.05, 3.63) is 35.4 Å². The number of hydrogen-bond donors (Lipinski definition) is 1. The molecule has 130 valence electrons. The van der Waals surface area contributed by atoms with Gasteiger partial charge in [-0.3, -0.25) is 4.79 Å². The SMILES string of the molecule is COC(=O)[C@@H](C[C@H](C)C#N)NC(=O)Cc1cccc(C(F)(F)F)c1. The van der Waals surface area contributed by atoms with E-state index in [0.29, 0.717) is 0 Å². The Bertz CT molecular complexity index is 638. The molecule has 5 nitrogen and oxygen atoms in total. The third-order valence-corrected chi connectivity index (χ3v) is 3.25. The van der Waals surface area contributed by atoms with Crippen LogP contribution in [0.25, 0.3) is 0 Å². The number of carbonyl (C=O) groups excluding carboxylic acids is 2. The maximum atomic E-state index is 12.7. The van der Waals surface area contributed by atoms with E-state index in [0.717, 1.165) is 19.2 Å². The molecule has 0 aliphatic heterocycles. The first kappa shape index (κ1) is 19.5. The summed E-state index contributed by atoms with van der Waals surface area (Å²) < 4.78 is 42.5. The van der Waals surface area contributed by atoms with E-state index in [-0.39, 0.29) is 18.4 Å². The van der Waals surface area contributed by atoms with Crippen LogP contribution in [0.3, 0.4) is 0 Å². The van der Waals surface area contributed by atoms with Gasteiger partial charge in [0, 0.05) is 5.92 Å². The number of halogens is 3. The first-order chi connectivity index (χ1) is 11.2. The summed E-state index contributed by atoms with van der Waals surface area (Å²) in [5.74, 6) is -1.84. The van der Waals surface area contributed by atoms with E-state index in [9.17, 15) is 22.8 Å². The largest absolute Gasteiger partial charge is 0.467 e. The number of alkyl halides is 3. The maximum Gasteiger partial charge on any atom is 0.416 e. The highest BCUT2D eigenvalue weighted by atomic mass is 19.4. The van der Waals surface area contributed by atoms with Gasteiger partial charge in [-0.1, -0.05) is 18.2 Å². The van der Waals surface area contributed by atoms with Crippen LogP contribution in [-0.2, 0) is 26.9 Å².